The molecule has 3 rings (SSSR count). The highest BCUT2D eigenvalue weighted by molar-refractivity contribution is 5.30. The van der Waals surface area contributed by atoms with E-state index in [2.05, 4.69) is 16.4 Å². The van der Waals surface area contributed by atoms with Crippen LogP contribution in [0.4, 0.5) is 0 Å². The molecule has 4 heteroatoms. The molecule has 1 aliphatic heterocycles. The second-order valence-electron chi connectivity index (χ2n) is 5.67. The van der Waals surface area contributed by atoms with Crippen molar-refractivity contribution in [3.05, 3.63) is 24.0 Å². The Morgan fingerprint density at radius 2 is 2.32 bits per heavy atom. The molecular weight excluding hydrogens is 240 g/mol. The first-order chi connectivity index (χ1) is 9.36. The normalized spacial score (nSPS) is 28.8. The third-order valence-corrected chi connectivity index (χ3v) is 4.20. The zero-order valence-corrected chi connectivity index (χ0v) is 11.2. The van der Waals surface area contributed by atoms with Gasteiger partial charge in [0, 0.05) is 18.8 Å². The second-order valence-corrected chi connectivity index (χ2v) is 5.67. The molecular formula is C15H22N2O2. The lowest BCUT2D eigenvalue weighted by Crippen LogP contribution is -2.46. The quantitative estimate of drug-likeness (QED) is 0.785. The zero-order chi connectivity index (χ0) is 13.1. The number of ether oxygens (including phenoxy) is 1. The Labute approximate surface area is 114 Å². The lowest BCUT2D eigenvalue weighted by molar-refractivity contribution is 0.216. The predicted molar refractivity (Wildman–Crippen MR) is 73.3 cm³/mol. The summed E-state index contributed by atoms with van der Waals surface area (Å²) in [7, 11) is 0. The minimum Gasteiger partial charge on any atom is -0.490 e. The molecule has 4 nitrogen and oxygen atoms in total. The van der Waals surface area contributed by atoms with Gasteiger partial charge in [0.2, 0.25) is 0 Å². The van der Waals surface area contributed by atoms with Crippen LogP contribution in [-0.4, -0.2) is 35.9 Å². The minimum atomic E-state index is 0.305. The number of aliphatic hydroxyl groups is 1. The molecule has 0 aromatic carbocycles. The zero-order valence-electron chi connectivity index (χ0n) is 11.2. The van der Waals surface area contributed by atoms with Gasteiger partial charge in [-0.1, -0.05) is 0 Å². The number of aliphatic hydroxyl groups excluding tert-OH is 1. The molecule has 2 heterocycles. The van der Waals surface area contributed by atoms with Crippen molar-refractivity contribution < 1.29 is 9.84 Å². The molecule has 2 fully saturated rings. The van der Waals surface area contributed by atoms with Gasteiger partial charge in [0.15, 0.2) is 0 Å². The monoisotopic (exact) mass is 262 g/mol. The van der Waals surface area contributed by atoms with Crippen LogP contribution >= 0.6 is 0 Å². The van der Waals surface area contributed by atoms with E-state index in [4.69, 9.17) is 9.84 Å². The summed E-state index contributed by atoms with van der Waals surface area (Å²) in [6.07, 6.45) is 8.23. The summed E-state index contributed by atoms with van der Waals surface area (Å²) in [5.41, 5.74) is 1.29. The average Bonchev–Trinajstić information content (AvgIpc) is 3.14. The average molecular weight is 262 g/mol. The van der Waals surface area contributed by atoms with Crippen molar-refractivity contribution in [2.24, 2.45) is 5.92 Å². The van der Waals surface area contributed by atoms with Crippen molar-refractivity contribution in [1.82, 2.24) is 10.3 Å². The van der Waals surface area contributed by atoms with Crippen molar-refractivity contribution in [2.45, 2.75) is 37.6 Å². The molecule has 2 aliphatic rings. The SMILES string of the molecule is OCCC[C@@H]1C[C@H]1c1cncc(OC[C@@H]2CCN2)c1. The Morgan fingerprint density at radius 1 is 1.42 bits per heavy atom. The first kappa shape index (κ1) is 12.9. The lowest BCUT2D eigenvalue weighted by atomic mass is 10.1. The number of pyridine rings is 1. The Bertz CT molecular complexity index is 420. The maximum Gasteiger partial charge on any atom is 0.137 e. The van der Waals surface area contributed by atoms with E-state index in [1.54, 1.807) is 6.20 Å². The van der Waals surface area contributed by atoms with Crippen LogP contribution in [0.2, 0.25) is 0 Å². The van der Waals surface area contributed by atoms with E-state index < -0.39 is 0 Å². The fourth-order valence-electron chi connectivity index (χ4n) is 2.73. The molecule has 0 bridgehead atoms. The van der Waals surface area contributed by atoms with Crippen LogP contribution in [0.25, 0.3) is 0 Å². The van der Waals surface area contributed by atoms with Gasteiger partial charge in [-0.15, -0.1) is 0 Å². The van der Waals surface area contributed by atoms with Gasteiger partial charge in [0.25, 0.3) is 0 Å². The molecule has 1 saturated heterocycles. The van der Waals surface area contributed by atoms with Gasteiger partial charge in [-0.2, -0.15) is 0 Å². The van der Waals surface area contributed by atoms with Gasteiger partial charge < -0.3 is 15.2 Å². The Kier molecular flexibility index (Phi) is 3.99. The van der Waals surface area contributed by atoms with Crippen LogP contribution in [0.5, 0.6) is 5.75 Å². The Morgan fingerprint density at radius 3 is 3.05 bits per heavy atom. The van der Waals surface area contributed by atoms with Crippen LogP contribution in [0.1, 0.15) is 37.2 Å². The lowest BCUT2D eigenvalue weighted by Gasteiger charge is -2.27. The highest BCUT2D eigenvalue weighted by Crippen LogP contribution is 2.50. The van der Waals surface area contributed by atoms with Crippen molar-refractivity contribution in [3.8, 4) is 5.75 Å². The topological polar surface area (TPSA) is 54.4 Å². The smallest absolute Gasteiger partial charge is 0.137 e. The van der Waals surface area contributed by atoms with E-state index >= 15 is 0 Å². The summed E-state index contributed by atoms with van der Waals surface area (Å²) in [6, 6.07) is 2.65. The van der Waals surface area contributed by atoms with E-state index in [1.807, 2.05) is 6.20 Å². The van der Waals surface area contributed by atoms with Crippen LogP contribution in [0, 0.1) is 5.92 Å². The molecule has 1 aliphatic carbocycles. The van der Waals surface area contributed by atoms with Crippen LogP contribution in [-0.2, 0) is 0 Å². The van der Waals surface area contributed by atoms with Crippen molar-refractivity contribution in [1.29, 1.82) is 0 Å². The molecule has 0 spiro atoms. The van der Waals surface area contributed by atoms with Gasteiger partial charge in [0.1, 0.15) is 12.4 Å². The highest BCUT2D eigenvalue weighted by atomic mass is 16.5. The third-order valence-electron chi connectivity index (χ3n) is 4.20. The van der Waals surface area contributed by atoms with Gasteiger partial charge in [-0.3, -0.25) is 4.98 Å². The molecule has 0 amide bonds. The summed E-state index contributed by atoms with van der Waals surface area (Å²) < 4.78 is 5.78. The van der Waals surface area contributed by atoms with E-state index in [9.17, 15) is 0 Å². The van der Waals surface area contributed by atoms with Crippen molar-refractivity contribution in [2.75, 3.05) is 19.8 Å². The van der Waals surface area contributed by atoms with E-state index in [1.165, 1.54) is 18.4 Å². The van der Waals surface area contributed by atoms with Crippen molar-refractivity contribution >= 4 is 0 Å². The molecule has 0 radical (unpaired) electrons. The van der Waals surface area contributed by atoms with E-state index in [-0.39, 0.29) is 0 Å². The number of aromatic nitrogens is 1. The minimum absolute atomic E-state index is 0.305. The third kappa shape index (κ3) is 3.25. The first-order valence-corrected chi connectivity index (χ1v) is 7.29. The van der Waals surface area contributed by atoms with Gasteiger partial charge in [0.05, 0.1) is 6.20 Å². The number of hydrogen-bond acceptors (Lipinski definition) is 4. The standard InChI is InChI=1S/C15H22N2O2/c18-5-1-2-11-7-15(11)12-6-14(9-16-8-12)19-10-13-3-4-17-13/h6,8-9,11,13,15,17-18H,1-5,7,10H2/t11-,13+,15-/m1/s1. The molecule has 1 saturated carbocycles. The molecule has 2 N–H and O–H groups in total. The van der Waals surface area contributed by atoms with Crippen molar-refractivity contribution in [3.63, 3.8) is 0 Å². The molecule has 1 aromatic rings. The molecule has 1 aromatic heterocycles. The summed E-state index contributed by atoms with van der Waals surface area (Å²) in [5.74, 6) is 2.25. The van der Waals surface area contributed by atoms with Crippen LogP contribution in [0.3, 0.4) is 0 Å². The summed E-state index contributed by atoms with van der Waals surface area (Å²) in [6.45, 7) is 2.16. The Balaban J connectivity index is 1.51. The molecule has 3 atom stereocenters. The largest absolute Gasteiger partial charge is 0.490 e. The van der Waals surface area contributed by atoms with Gasteiger partial charge >= 0.3 is 0 Å². The van der Waals surface area contributed by atoms with E-state index in [0.717, 1.165) is 37.7 Å². The summed E-state index contributed by atoms with van der Waals surface area (Å²) in [4.78, 5) is 4.29. The van der Waals surface area contributed by atoms with Crippen LogP contribution < -0.4 is 10.1 Å². The van der Waals surface area contributed by atoms with E-state index in [0.29, 0.717) is 18.6 Å². The fourth-order valence-corrected chi connectivity index (χ4v) is 2.73. The van der Waals surface area contributed by atoms with Crippen LogP contribution in [0.15, 0.2) is 18.5 Å². The number of hydrogen-bond donors (Lipinski definition) is 2. The second kappa shape index (κ2) is 5.88. The maximum atomic E-state index is 8.86. The van der Waals surface area contributed by atoms with Gasteiger partial charge in [-0.05, 0) is 55.7 Å². The predicted octanol–water partition coefficient (Wildman–Crippen LogP) is 1.70. The summed E-state index contributed by atoms with van der Waals surface area (Å²) >= 11 is 0. The fraction of sp³-hybridized carbons (Fsp3) is 0.667. The molecule has 0 unspecified atom stereocenters. The van der Waals surface area contributed by atoms with Gasteiger partial charge in [-0.25, -0.2) is 0 Å². The maximum absolute atomic E-state index is 8.86. The number of nitrogens with zero attached hydrogens (tertiary/aromatic N) is 1. The highest BCUT2D eigenvalue weighted by Gasteiger charge is 2.37. The first-order valence-electron chi connectivity index (χ1n) is 7.29. The number of nitrogens with one attached hydrogen (secondary N) is 1. The Hall–Kier alpha value is -1.13. The molecule has 19 heavy (non-hydrogen) atoms. The number of rotatable bonds is 7. The summed E-state index contributed by atoms with van der Waals surface area (Å²) in [5, 5.41) is 12.2. The molecule has 104 valence electrons.